The van der Waals surface area contributed by atoms with E-state index in [1.165, 1.54) is 17.4 Å². The maximum absolute atomic E-state index is 10.9. The standard InChI is InChI=1S/C7H5BrO3S/c1-3-4(8)2-5(12-3)6(9)7(10)11/h2H,1H3,(H,10,11). The molecule has 12 heavy (non-hydrogen) atoms. The highest BCUT2D eigenvalue weighted by molar-refractivity contribution is 9.10. The Hall–Kier alpha value is -0.680. The average molecular weight is 249 g/mol. The second kappa shape index (κ2) is 3.37. The third-order valence-corrected chi connectivity index (χ3v) is 3.41. The Morgan fingerprint density at radius 3 is 2.50 bits per heavy atom. The molecule has 0 bridgehead atoms. The van der Waals surface area contributed by atoms with E-state index in [9.17, 15) is 9.59 Å². The number of aliphatic carboxylic acids is 1. The van der Waals surface area contributed by atoms with Crippen LogP contribution >= 0.6 is 27.3 Å². The monoisotopic (exact) mass is 248 g/mol. The summed E-state index contributed by atoms with van der Waals surface area (Å²) in [6.45, 7) is 1.81. The molecular weight excluding hydrogens is 244 g/mol. The lowest BCUT2D eigenvalue weighted by molar-refractivity contribution is -0.131. The number of carboxylic acids is 1. The molecule has 0 unspecified atom stereocenters. The van der Waals surface area contributed by atoms with Gasteiger partial charge in [0.2, 0.25) is 0 Å². The van der Waals surface area contributed by atoms with Crippen LogP contribution < -0.4 is 0 Å². The van der Waals surface area contributed by atoms with Crippen molar-refractivity contribution in [3.63, 3.8) is 0 Å². The van der Waals surface area contributed by atoms with E-state index in [0.717, 1.165) is 9.35 Å². The van der Waals surface area contributed by atoms with E-state index in [1.807, 2.05) is 6.92 Å². The van der Waals surface area contributed by atoms with Crippen LogP contribution in [0, 0.1) is 6.92 Å². The number of carbonyl (C=O) groups is 2. The maximum Gasteiger partial charge on any atom is 0.378 e. The van der Waals surface area contributed by atoms with Crippen LogP contribution in [0.3, 0.4) is 0 Å². The molecular formula is C7H5BrO3S. The summed E-state index contributed by atoms with van der Waals surface area (Å²) in [5.41, 5.74) is 0. The Bertz CT molecular complexity index is 323. The van der Waals surface area contributed by atoms with E-state index in [1.54, 1.807) is 0 Å². The first-order chi connectivity index (χ1) is 5.52. The Kier molecular flexibility index (Phi) is 2.64. The van der Waals surface area contributed by atoms with Crippen LogP contribution in [0.2, 0.25) is 0 Å². The van der Waals surface area contributed by atoms with Crippen molar-refractivity contribution in [1.82, 2.24) is 0 Å². The van der Waals surface area contributed by atoms with E-state index in [0.29, 0.717) is 0 Å². The first kappa shape index (κ1) is 9.41. The summed E-state index contributed by atoms with van der Waals surface area (Å²) < 4.78 is 0.775. The minimum Gasteiger partial charge on any atom is -0.475 e. The molecule has 64 valence electrons. The van der Waals surface area contributed by atoms with Gasteiger partial charge in [0.15, 0.2) is 0 Å². The molecule has 0 radical (unpaired) electrons. The van der Waals surface area contributed by atoms with Crippen molar-refractivity contribution >= 4 is 39.0 Å². The summed E-state index contributed by atoms with van der Waals surface area (Å²) in [7, 11) is 0. The lowest BCUT2D eigenvalue weighted by Crippen LogP contribution is -2.10. The van der Waals surface area contributed by atoms with Crippen LogP contribution in [-0.4, -0.2) is 16.9 Å². The van der Waals surface area contributed by atoms with Gasteiger partial charge in [-0.1, -0.05) is 0 Å². The van der Waals surface area contributed by atoms with Gasteiger partial charge in [-0.15, -0.1) is 11.3 Å². The largest absolute Gasteiger partial charge is 0.475 e. The lowest BCUT2D eigenvalue weighted by atomic mass is 10.3. The molecule has 3 nitrogen and oxygen atoms in total. The Morgan fingerprint density at radius 2 is 2.17 bits per heavy atom. The summed E-state index contributed by atoms with van der Waals surface area (Å²) >= 11 is 4.37. The van der Waals surface area contributed by atoms with Crippen molar-refractivity contribution in [1.29, 1.82) is 0 Å². The highest BCUT2D eigenvalue weighted by Gasteiger charge is 2.17. The van der Waals surface area contributed by atoms with E-state index in [4.69, 9.17) is 5.11 Å². The summed E-state index contributed by atoms with van der Waals surface area (Å²) in [4.78, 5) is 22.3. The third-order valence-electron chi connectivity index (χ3n) is 1.28. The van der Waals surface area contributed by atoms with E-state index in [-0.39, 0.29) is 4.88 Å². The van der Waals surface area contributed by atoms with Gasteiger partial charge in [-0.05, 0) is 28.9 Å². The minimum atomic E-state index is -1.41. The van der Waals surface area contributed by atoms with Gasteiger partial charge in [-0.25, -0.2) is 4.79 Å². The molecule has 1 aromatic heterocycles. The molecule has 0 aliphatic carbocycles. The number of ketones is 1. The average Bonchev–Trinajstić information content (AvgIpc) is 2.30. The number of rotatable bonds is 2. The minimum absolute atomic E-state index is 0.256. The molecule has 1 rings (SSSR count). The normalized spacial score (nSPS) is 9.83. The van der Waals surface area contributed by atoms with E-state index < -0.39 is 11.8 Å². The second-order valence-corrected chi connectivity index (χ2v) is 4.26. The van der Waals surface area contributed by atoms with Crippen molar-refractivity contribution < 1.29 is 14.7 Å². The number of aryl methyl sites for hydroxylation is 1. The molecule has 0 saturated heterocycles. The predicted octanol–water partition coefficient (Wildman–Crippen LogP) is 2.09. The van der Waals surface area contributed by atoms with Crippen molar-refractivity contribution in [2.45, 2.75) is 6.92 Å². The zero-order valence-corrected chi connectivity index (χ0v) is 8.53. The maximum atomic E-state index is 10.9. The van der Waals surface area contributed by atoms with Crippen LogP contribution in [0.25, 0.3) is 0 Å². The highest BCUT2D eigenvalue weighted by atomic mass is 79.9. The number of carbonyl (C=O) groups excluding carboxylic acids is 1. The molecule has 1 N–H and O–H groups in total. The Labute approximate surface area is 81.2 Å². The molecule has 0 aliphatic heterocycles. The highest BCUT2D eigenvalue weighted by Crippen LogP contribution is 2.26. The molecule has 5 heteroatoms. The molecule has 0 aromatic carbocycles. The van der Waals surface area contributed by atoms with Gasteiger partial charge in [0.05, 0.1) is 4.88 Å². The van der Waals surface area contributed by atoms with Crippen LogP contribution in [0.1, 0.15) is 14.5 Å². The van der Waals surface area contributed by atoms with Crippen LogP contribution in [0.4, 0.5) is 0 Å². The molecule has 1 heterocycles. The number of hydrogen-bond donors (Lipinski definition) is 1. The SMILES string of the molecule is Cc1sc(C(=O)C(=O)O)cc1Br. The summed E-state index contributed by atoms with van der Waals surface area (Å²) in [5.74, 6) is -2.27. The lowest BCUT2D eigenvalue weighted by Gasteiger charge is -1.85. The molecule has 0 spiro atoms. The molecule has 1 aromatic rings. The molecule has 0 amide bonds. The van der Waals surface area contributed by atoms with Crippen LogP contribution in [-0.2, 0) is 4.79 Å². The van der Waals surface area contributed by atoms with Crippen molar-refractivity contribution in [3.05, 3.63) is 20.3 Å². The van der Waals surface area contributed by atoms with Crippen LogP contribution in [0.5, 0.6) is 0 Å². The fraction of sp³-hybridized carbons (Fsp3) is 0.143. The topological polar surface area (TPSA) is 54.4 Å². The van der Waals surface area contributed by atoms with Gasteiger partial charge in [0.25, 0.3) is 5.78 Å². The summed E-state index contributed by atoms with van der Waals surface area (Å²) in [6.07, 6.45) is 0. The Balaban J connectivity index is 3.05. The number of halogens is 1. The van der Waals surface area contributed by atoms with Crippen molar-refractivity contribution in [3.8, 4) is 0 Å². The van der Waals surface area contributed by atoms with Gasteiger partial charge in [0.1, 0.15) is 0 Å². The van der Waals surface area contributed by atoms with Crippen LogP contribution in [0.15, 0.2) is 10.5 Å². The molecule has 0 aliphatic rings. The molecule has 0 fully saturated rings. The number of carboxylic acid groups (broad SMARTS) is 1. The summed E-state index contributed by atoms with van der Waals surface area (Å²) in [5, 5.41) is 8.38. The predicted molar refractivity (Wildman–Crippen MR) is 48.7 cm³/mol. The second-order valence-electron chi connectivity index (χ2n) is 2.15. The number of Topliss-reactive ketones (excluding diaryl/α,β-unsaturated/α-hetero) is 1. The molecule has 0 atom stereocenters. The van der Waals surface area contributed by atoms with E-state index >= 15 is 0 Å². The zero-order chi connectivity index (χ0) is 9.30. The summed E-state index contributed by atoms with van der Waals surface area (Å²) in [6, 6.07) is 1.52. The van der Waals surface area contributed by atoms with Gasteiger partial charge in [0, 0.05) is 9.35 Å². The smallest absolute Gasteiger partial charge is 0.378 e. The fourth-order valence-corrected chi connectivity index (χ4v) is 2.14. The fourth-order valence-electron chi connectivity index (χ4n) is 0.677. The van der Waals surface area contributed by atoms with Gasteiger partial charge in [-0.3, -0.25) is 4.79 Å². The Morgan fingerprint density at radius 1 is 1.58 bits per heavy atom. The first-order valence-corrected chi connectivity index (χ1v) is 4.67. The first-order valence-electron chi connectivity index (χ1n) is 3.06. The van der Waals surface area contributed by atoms with Gasteiger partial charge < -0.3 is 5.11 Å². The third kappa shape index (κ3) is 1.73. The number of hydrogen-bond acceptors (Lipinski definition) is 3. The van der Waals surface area contributed by atoms with Gasteiger partial charge in [-0.2, -0.15) is 0 Å². The zero-order valence-electron chi connectivity index (χ0n) is 6.13. The number of thiophene rings is 1. The van der Waals surface area contributed by atoms with Crippen molar-refractivity contribution in [2.24, 2.45) is 0 Å². The molecule has 0 saturated carbocycles. The quantitative estimate of drug-likeness (QED) is 0.644. The van der Waals surface area contributed by atoms with Gasteiger partial charge >= 0.3 is 5.97 Å². The van der Waals surface area contributed by atoms with Crippen molar-refractivity contribution in [2.75, 3.05) is 0 Å². The van der Waals surface area contributed by atoms with E-state index in [2.05, 4.69) is 15.9 Å².